The van der Waals surface area contributed by atoms with Gasteiger partial charge in [0.25, 0.3) is 0 Å². The molecule has 0 saturated heterocycles. The molecule has 3 heteroatoms. The highest BCUT2D eigenvalue weighted by atomic mass is 16.2. The van der Waals surface area contributed by atoms with Crippen molar-refractivity contribution in [3.05, 3.63) is 0 Å². The molecule has 1 saturated carbocycles. The Balaban J connectivity index is 1.99. The van der Waals surface area contributed by atoms with Gasteiger partial charge in [0.2, 0.25) is 5.91 Å². The summed E-state index contributed by atoms with van der Waals surface area (Å²) in [5.41, 5.74) is 1.09. The van der Waals surface area contributed by atoms with Crippen LogP contribution in [0.1, 0.15) is 32.6 Å². The van der Waals surface area contributed by atoms with Gasteiger partial charge in [0.05, 0.1) is 0 Å². The minimum Gasteiger partial charge on any atom is -0.273 e. The molecule has 12 heavy (non-hydrogen) atoms. The SMILES string of the molecule is CC1=NN(CC2CC2)C(=O)CC1. The van der Waals surface area contributed by atoms with E-state index >= 15 is 0 Å². The molecule has 3 nitrogen and oxygen atoms in total. The van der Waals surface area contributed by atoms with Crippen LogP contribution in [0.3, 0.4) is 0 Å². The monoisotopic (exact) mass is 166 g/mol. The summed E-state index contributed by atoms with van der Waals surface area (Å²) >= 11 is 0. The van der Waals surface area contributed by atoms with E-state index in [2.05, 4.69) is 5.10 Å². The summed E-state index contributed by atoms with van der Waals surface area (Å²) in [5.74, 6) is 0.941. The third-order valence-corrected chi connectivity index (χ3v) is 2.41. The standard InChI is InChI=1S/C9H14N2O/c1-7-2-5-9(12)11(10-7)6-8-3-4-8/h8H,2-6H2,1H3. The highest BCUT2D eigenvalue weighted by molar-refractivity contribution is 5.91. The Morgan fingerprint density at radius 1 is 1.50 bits per heavy atom. The molecule has 0 unspecified atom stereocenters. The Labute approximate surface area is 72.4 Å². The maximum atomic E-state index is 11.3. The summed E-state index contributed by atoms with van der Waals surface area (Å²) in [7, 11) is 0. The van der Waals surface area contributed by atoms with Gasteiger partial charge in [-0.05, 0) is 32.1 Å². The molecule has 0 aromatic carbocycles. The zero-order valence-electron chi connectivity index (χ0n) is 7.42. The van der Waals surface area contributed by atoms with Crippen molar-refractivity contribution in [3.8, 4) is 0 Å². The number of hydrazone groups is 1. The lowest BCUT2D eigenvalue weighted by Crippen LogP contribution is -2.32. The minimum absolute atomic E-state index is 0.201. The number of hydrogen-bond acceptors (Lipinski definition) is 2. The van der Waals surface area contributed by atoms with E-state index in [0.717, 1.165) is 24.6 Å². The molecule has 0 aromatic heterocycles. The van der Waals surface area contributed by atoms with Gasteiger partial charge in [-0.25, -0.2) is 5.01 Å². The van der Waals surface area contributed by atoms with E-state index in [4.69, 9.17) is 0 Å². The predicted molar refractivity (Wildman–Crippen MR) is 46.8 cm³/mol. The molecule has 0 atom stereocenters. The van der Waals surface area contributed by atoms with Crippen LogP contribution in [0.2, 0.25) is 0 Å². The Hall–Kier alpha value is -0.860. The summed E-state index contributed by atoms with van der Waals surface area (Å²) in [5, 5.41) is 5.91. The summed E-state index contributed by atoms with van der Waals surface area (Å²) in [4.78, 5) is 11.3. The second-order valence-corrected chi connectivity index (χ2v) is 3.75. The molecule has 0 radical (unpaired) electrons. The van der Waals surface area contributed by atoms with E-state index in [0.29, 0.717) is 6.42 Å². The van der Waals surface area contributed by atoms with Crippen LogP contribution in [0.15, 0.2) is 5.10 Å². The Morgan fingerprint density at radius 3 is 2.92 bits per heavy atom. The van der Waals surface area contributed by atoms with Gasteiger partial charge in [0.1, 0.15) is 0 Å². The largest absolute Gasteiger partial charge is 0.273 e. The maximum Gasteiger partial charge on any atom is 0.243 e. The maximum absolute atomic E-state index is 11.3. The van der Waals surface area contributed by atoms with Crippen molar-refractivity contribution >= 4 is 11.6 Å². The van der Waals surface area contributed by atoms with Crippen LogP contribution in [0, 0.1) is 5.92 Å². The van der Waals surface area contributed by atoms with Crippen LogP contribution in [-0.2, 0) is 4.79 Å². The van der Waals surface area contributed by atoms with Crippen molar-refractivity contribution in [2.75, 3.05) is 6.54 Å². The first-order chi connectivity index (χ1) is 5.75. The van der Waals surface area contributed by atoms with Crippen molar-refractivity contribution in [1.29, 1.82) is 0 Å². The van der Waals surface area contributed by atoms with E-state index in [-0.39, 0.29) is 5.91 Å². The highest BCUT2D eigenvalue weighted by Crippen LogP contribution is 2.30. The molecule has 1 aliphatic heterocycles. The Kier molecular flexibility index (Phi) is 1.87. The summed E-state index contributed by atoms with van der Waals surface area (Å²) in [6.45, 7) is 2.85. The number of carbonyl (C=O) groups excluding carboxylic acids is 1. The molecule has 0 N–H and O–H groups in total. The van der Waals surface area contributed by atoms with E-state index in [1.807, 2.05) is 6.92 Å². The average Bonchev–Trinajstić information content (AvgIpc) is 2.81. The van der Waals surface area contributed by atoms with E-state index in [1.165, 1.54) is 12.8 Å². The van der Waals surface area contributed by atoms with Gasteiger partial charge in [-0.15, -0.1) is 0 Å². The zero-order valence-corrected chi connectivity index (χ0v) is 7.42. The van der Waals surface area contributed by atoms with Crippen LogP contribution in [0.25, 0.3) is 0 Å². The smallest absolute Gasteiger partial charge is 0.243 e. The van der Waals surface area contributed by atoms with Gasteiger partial charge >= 0.3 is 0 Å². The summed E-state index contributed by atoms with van der Waals surface area (Å²) in [6, 6.07) is 0. The molecule has 2 aliphatic rings. The quantitative estimate of drug-likeness (QED) is 0.610. The van der Waals surface area contributed by atoms with Gasteiger partial charge in [0.15, 0.2) is 0 Å². The lowest BCUT2D eigenvalue weighted by Gasteiger charge is -2.21. The average molecular weight is 166 g/mol. The lowest BCUT2D eigenvalue weighted by molar-refractivity contribution is -0.132. The Bertz CT molecular complexity index is 231. The minimum atomic E-state index is 0.201. The second kappa shape index (κ2) is 2.88. The molecule has 1 aliphatic carbocycles. The molecule has 0 bridgehead atoms. The van der Waals surface area contributed by atoms with Crippen LogP contribution in [0.5, 0.6) is 0 Å². The predicted octanol–water partition coefficient (Wildman–Crippen LogP) is 1.39. The molecule has 66 valence electrons. The van der Waals surface area contributed by atoms with Crippen LogP contribution < -0.4 is 0 Å². The second-order valence-electron chi connectivity index (χ2n) is 3.75. The summed E-state index contributed by atoms with van der Waals surface area (Å²) < 4.78 is 0. The first kappa shape index (κ1) is 7.77. The molecule has 0 spiro atoms. The number of carbonyl (C=O) groups is 1. The van der Waals surface area contributed by atoms with Gasteiger partial charge in [-0.3, -0.25) is 4.79 Å². The third-order valence-electron chi connectivity index (χ3n) is 2.41. The number of rotatable bonds is 2. The van der Waals surface area contributed by atoms with E-state index in [9.17, 15) is 4.79 Å². The van der Waals surface area contributed by atoms with Crippen molar-refractivity contribution < 1.29 is 4.79 Å². The van der Waals surface area contributed by atoms with Gasteiger partial charge in [0, 0.05) is 18.7 Å². The highest BCUT2D eigenvalue weighted by Gasteiger charge is 2.28. The molecule has 1 amide bonds. The normalized spacial score (nSPS) is 24.2. The molecular weight excluding hydrogens is 152 g/mol. The van der Waals surface area contributed by atoms with Gasteiger partial charge in [-0.1, -0.05) is 0 Å². The van der Waals surface area contributed by atoms with E-state index < -0.39 is 0 Å². The van der Waals surface area contributed by atoms with Gasteiger partial charge < -0.3 is 0 Å². The number of amides is 1. The molecular formula is C9H14N2O. The van der Waals surface area contributed by atoms with Crippen LogP contribution in [-0.4, -0.2) is 23.2 Å². The first-order valence-electron chi connectivity index (χ1n) is 4.60. The fourth-order valence-electron chi connectivity index (χ4n) is 1.42. The van der Waals surface area contributed by atoms with Gasteiger partial charge in [-0.2, -0.15) is 5.10 Å². The molecule has 0 aromatic rings. The third kappa shape index (κ3) is 1.65. The summed E-state index contributed by atoms with van der Waals surface area (Å²) in [6.07, 6.45) is 4.05. The molecule has 2 rings (SSSR count). The number of hydrogen-bond donors (Lipinski definition) is 0. The molecule has 1 heterocycles. The van der Waals surface area contributed by atoms with Crippen molar-refractivity contribution in [3.63, 3.8) is 0 Å². The molecule has 1 fully saturated rings. The lowest BCUT2D eigenvalue weighted by atomic mass is 10.2. The fraction of sp³-hybridized carbons (Fsp3) is 0.778. The topological polar surface area (TPSA) is 32.7 Å². The van der Waals surface area contributed by atoms with Crippen molar-refractivity contribution in [2.24, 2.45) is 11.0 Å². The van der Waals surface area contributed by atoms with Crippen LogP contribution in [0.4, 0.5) is 0 Å². The number of nitrogens with zero attached hydrogens (tertiary/aromatic N) is 2. The first-order valence-corrected chi connectivity index (χ1v) is 4.60. The Morgan fingerprint density at radius 2 is 2.25 bits per heavy atom. The van der Waals surface area contributed by atoms with Crippen molar-refractivity contribution in [1.82, 2.24) is 5.01 Å². The van der Waals surface area contributed by atoms with Crippen LogP contribution >= 0.6 is 0 Å². The zero-order chi connectivity index (χ0) is 8.55. The van der Waals surface area contributed by atoms with E-state index in [1.54, 1.807) is 5.01 Å². The van der Waals surface area contributed by atoms with Crippen molar-refractivity contribution in [2.45, 2.75) is 32.6 Å². The fourth-order valence-corrected chi connectivity index (χ4v) is 1.42.